The molecule has 0 amide bonds. The molecule has 51 heavy (non-hydrogen) atoms. The van der Waals surface area contributed by atoms with Gasteiger partial charge >= 0.3 is 0 Å². The number of fused-ring (bicyclic) bond motifs is 8. The molecule has 7 aromatic carbocycles. The molecular weight excluding hydrogens is 639 g/mol. The minimum atomic E-state index is -0.341. The average molecular weight is 672 g/mol. The SMILES string of the molecule is CCC1C(c2ccc3c(ccc4ccccc43)c2)=NC(c2ccccc2)=NC1c1cccc2c1-c1cccc3c1C2(C)c1ccc(C#N)cc1S3. The highest BCUT2D eigenvalue weighted by Gasteiger charge is 2.48. The Morgan fingerprint density at radius 3 is 2.37 bits per heavy atom. The summed E-state index contributed by atoms with van der Waals surface area (Å²) in [7, 11) is 0. The highest BCUT2D eigenvalue weighted by molar-refractivity contribution is 7.99. The maximum atomic E-state index is 9.74. The van der Waals surface area contributed by atoms with Crippen molar-refractivity contribution in [2.45, 2.75) is 41.5 Å². The first-order valence-electron chi connectivity index (χ1n) is 17.7. The number of nitrogens with zero attached hydrogens (tertiary/aromatic N) is 3. The van der Waals surface area contributed by atoms with E-state index >= 15 is 0 Å². The highest BCUT2D eigenvalue weighted by atomic mass is 32.2. The quantitative estimate of drug-likeness (QED) is 0.175. The molecule has 1 aliphatic carbocycles. The van der Waals surface area contributed by atoms with E-state index in [4.69, 9.17) is 9.98 Å². The van der Waals surface area contributed by atoms with Crippen LogP contribution in [0.25, 0.3) is 32.7 Å². The molecule has 3 atom stereocenters. The summed E-state index contributed by atoms with van der Waals surface area (Å²) in [6, 6.07) is 52.4. The van der Waals surface area contributed by atoms with Crippen LogP contribution < -0.4 is 0 Å². The lowest BCUT2D eigenvalue weighted by Gasteiger charge is -2.35. The summed E-state index contributed by atoms with van der Waals surface area (Å²) in [4.78, 5) is 13.4. The fourth-order valence-corrected chi connectivity index (χ4v) is 10.3. The van der Waals surface area contributed by atoms with Crippen molar-refractivity contribution in [3.63, 3.8) is 0 Å². The monoisotopic (exact) mass is 671 g/mol. The molecule has 0 spiro atoms. The second-order valence-electron chi connectivity index (χ2n) is 14.0. The Bertz CT molecular complexity index is 2700. The zero-order valence-corrected chi connectivity index (χ0v) is 29.2. The van der Waals surface area contributed by atoms with Crippen molar-refractivity contribution in [3.05, 3.63) is 178 Å². The van der Waals surface area contributed by atoms with Gasteiger partial charge in [-0.1, -0.05) is 134 Å². The third-order valence-electron chi connectivity index (χ3n) is 11.4. The number of hydrogen-bond acceptors (Lipinski definition) is 4. The van der Waals surface area contributed by atoms with Crippen molar-refractivity contribution < 1.29 is 0 Å². The third kappa shape index (κ3) is 4.38. The molecule has 242 valence electrons. The number of rotatable bonds is 4. The van der Waals surface area contributed by atoms with Gasteiger partial charge in [-0.2, -0.15) is 5.26 Å². The normalized spacial score (nSPS) is 19.9. The first-order chi connectivity index (χ1) is 25.1. The molecule has 0 saturated carbocycles. The van der Waals surface area contributed by atoms with Crippen LogP contribution in [0.4, 0.5) is 0 Å². The van der Waals surface area contributed by atoms with Gasteiger partial charge in [-0.3, -0.25) is 4.99 Å². The van der Waals surface area contributed by atoms with Crippen LogP contribution in [-0.4, -0.2) is 11.5 Å². The number of benzene rings is 7. The molecule has 3 unspecified atom stereocenters. The van der Waals surface area contributed by atoms with E-state index in [0.717, 1.165) is 34.0 Å². The van der Waals surface area contributed by atoms with Gasteiger partial charge in [0, 0.05) is 26.7 Å². The maximum Gasteiger partial charge on any atom is 0.155 e. The summed E-state index contributed by atoms with van der Waals surface area (Å²) >= 11 is 1.78. The van der Waals surface area contributed by atoms with E-state index < -0.39 is 0 Å². The van der Waals surface area contributed by atoms with Gasteiger partial charge in [-0.15, -0.1) is 0 Å². The van der Waals surface area contributed by atoms with E-state index in [-0.39, 0.29) is 17.4 Å². The van der Waals surface area contributed by atoms with E-state index in [1.807, 2.05) is 12.1 Å². The van der Waals surface area contributed by atoms with Crippen LogP contribution in [0.5, 0.6) is 0 Å². The van der Waals surface area contributed by atoms with Crippen molar-refractivity contribution in [2.24, 2.45) is 15.9 Å². The Hall–Kier alpha value is -5.76. The van der Waals surface area contributed by atoms with Crippen LogP contribution in [0.1, 0.15) is 65.3 Å². The number of aliphatic imine (C=N–C) groups is 2. The molecule has 4 heteroatoms. The first kappa shape index (κ1) is 30.1. The van der Waals surface area contributed by atoms with Crippen LogP contribution in [0, 0.1) is 17.2 Å². The van der Waals surface area contributed by atoms with Crippen molar-refractivity contribution in [3.8, 4) is 17.2 Å². The molecule has 0 bridgehead atoms. The predicted octanol–water partition coefficient (Wildman–Crippen LogP) is 11.7. The van der Waals surface area contributed by atoms with Gasteiger partial charge in [0.15, 0.2) is 5.84 Å². The van der Waals surface area contributed by atoms with Gasteiger partial charge in [-0.05, 0) is 98.1 Å². The minimum Gasteiger partial charge on any atom is -0.257 e. The highest BCUT2D eigenvalue weighted by Crippen LogP contribution is 2.62. The second kappa shape index (κ2) is 11.4. The summed E-state index contributed by atoms with van der Waals surface area (Å²) in [6.45, 7) is 4.65. The lowest BCUT2D eigenvalue weighted by Crippen LogP contribution is -2.29. The van der Waals surface area contributed by atoms with Crippen LogP contribution in [0.2, 0.25) is 0 Å². The largest absolute Gasteiger partial charge is 0.257 e. The zero-order valence-electron chi connectivity index (χ0n) is 28.4. The Labute approximate surface area is 302 Å². The summed E-state index contributed by atoms with van der Waals surface area (Å²) in [5, 5.41) is 14.7. The molecule has 10 rings (SSSR count). The molecule has 0 saturated heterocycles. The molecule has 0 N–H and O–H groups in total. The molecule has 3 aliphatic rings. The lowest BCUT2D eigenvalue weighted by molar-refractivity contribution is 0.533. The molecule has 0 fully saturated rings. The number of amidine groups is 1. The molecule has 0 aromatic heterocycles. The van der Waals surface area contributed by atoms with Gasteiger partial charge in [0.2, 0.25) is 0 Å². The number of hydrogen-bond donors (Lipinski definition) is 0. The molecule has 2 aliphatic heterocycles. The zero-order chi connectivity index (χ0) is 34.3. The van der Waals surface area contributed by atoms with E-state index in [2.05, 4.69) is 147 Å². The van der Waals surface area contributed by atoms with Crippen LogP contribution in [0.15, 0.2) is 159 Å². The van der Waals surface area contributed by atoms with Gasteiger partial charge in [0.1, 0.15) is 0 Å². The predicted molar refractivity (Wildman–Crippen MR) is 210 cm³/mol. The Kier molecular flexibility index (Phi) is 6.72. The number of nitriles is 1. The van der Waals surface area contributed by atoms with E-state index in [1.54, 1.807) is 11.8 Å². The van der Waals surface area contributed by atoms with Crippen molar-refractivity contribution in [2.75, 3.05) is 0 Å². The fourth-order valence-electron chi connectivity index (χ4n) is 8.97. The van der Waals surface area contributed by atoms with Gasteiger partial charge in [0.05, 0.1) is 23.4 Å². The molecule has 2 heterocycles. The topological polar surface area (TPSA) is 48.5 Å². The first-order valence-corrected chi connectivity index (χ1v) is 18.5. The van der Waals surface area contributed by atoms with Crippen molar-refractivity contribution >= 4 is 44.9 Å². The smallest absolute Gasteiger partial charge is 0.155 e. The minimum absolute atomic E-state index is 0.0744. The van der Waals surface area contributed by atoms with Crippen LogP contribution in [0.3, 0.4) is 0 Å². The van der Waals surface area contributed by atoms with Crippen LogP contribution >= 0.6 is 11.8 Å². The van der Waals surface area contributed by atoms with Crippen LogP contribution in [-0.2, 0) is 5.41 Å². The van der Waals surface area contributed by atoms with E-state index in [9.17, 15) is 5.26 Å². The molecular formula is C47H33N3S. The summed E-state index contributed by atoms with van der Waals surface area (Å²) in [6.07, 6.45) is 0.897. The Morgan fingerprint density at radius 1 is 0.706 bits per heavy atom. The lowest BCUT2D eigenvalue weighted by atomic mass is 9.73. The Balaban J connectivity index is 1.19. The van der Waals surface area contributed by atoms with E-state index in [1.165, 1.54) is 59.8 Å². The van der Waals surface area contributed by atoms with Gasteiger partial charge in [0.25, 0.3) is 0 Å². The summed E-state index contributed by atoms with van der Waals surface area (Å²) in [5.41, 5.74) is 11.4. The van der Waals surface area contributed by atoms with Gasteiger partial charge < -0.3 is 0 Å². The molecule has 7 aromatic rings. The standard InChI is InChI=1S/C47H33N3S/c1-3-33-44(32-22-23-35-31(26-32)21-20-29-11-7-8-14-34(29)35)49-46(30-12-5-4-6-13-30)50-45(33)37-16-9-17-39-42(37)36-15-10-18-40-43(36)47(39,2)38-24-19-28(27-48)25-41(38)51-40/h4-26,33,45H,3H2,1-2H3. The molecule has 0 radical (unpaired) electrons. The summed E-state index contributed by atoms with van der Waals surface area (Å²) in [5.74, 6) is 0.853. The van der Waals surface area contributed by atoms with Crippen molar-refractivity contribution in [1.29, 1.82) is 5.26 Å². The van der Waals surface area contributed by atoms with Crippen molar-refractivity contribution in [1.82, 2.24) is 0 Å². The maximum absolute atomic E-state index is 9.74. The molecule has 3 nitrogen and oxygen atoms in total. The Morgan fingerprint density at radius 2 is 1.51 bits per heavy atom. The average Bonchev–Trinajstić information content (AvgIpc) is 3.47. The van der Waals surface area contributed by atoms with E-state index in [0.29, 0.717) is 5.56 Å². The van der Waals surface area contributed by atoms with Gasteiger partial charge in [-0.25, -0.2) is 4.99 Å². The fraction of sp³-hybridized carbons (Fsp3) is 0.128. The third-order valence-corrected chi connectivity index (χ3v) is 12.5. The summed E-state index contributed by atoms with van der Waals surface area (Å²) < 4.78 is 0. The second-order valence-corrected chi connectivity index (χ2v) is 15.1.